The minimum Gasteiger partial charge on any atom is -0.390 e. The van der Waals surface area contributed by atoms with Gasteiger partial charge in [0.1, 0.15) is 11.6 Å². The largest absolute Gasteiger partial charge is 0.416 e. The number of ketones is 1. The Morgan fingerprint density at radius 3 is 2.36 bits per heavy atom. The maximum Gasteiger partial charge on any atom is 0.416 e. The highest BCUT2D eigenvalue weighted by Gasteiger charge is 2.35. The number of hydrogen-bond acceptors (Lipinski definition) is 7. The zero-order valence-electron chi connectivity index (χ0n) is 26.1. The molecule has 2 aromatic carbocycles. The van der Waals surface area contributed by atoms with Gasteiger partial charge in [-0.25, -0.2) is 12.8 Å². The summed E-state index contributed by atoms with van der Waals surface area (Å²) in [6, 6.07) is 8.02. The van der Waals surface area contributed by atoms with Gasteiger partial charge in [0.25, 0.3) is 5.91 Å². The fourth-order valence-corrected chi connectivity index (χ4v) is 7.04. The van der Waals surface area contributed by atoms with E-state index in [4.69, 9.17) is 5.10 Å². The number of sulfonamides is 1. The normalized spacial score (nSPS) is 17.3. The molecule has 254 valence electrons. The summed E-state index contributed by atoms with van der Waals surface area (Å²) in [7, 11) is -3.60. The van der Waals surface area contributed by atoms with Gasteiger partial charge in [0.2, 0.25) is 10.0 Å². The summed E-state index contributed by atoms with van der Waals surface area (Å²) in [6.07, 6.45) is -2.78. The van der Waals surface area contributed by atoms with Crippen LogP contribution in [0.15, 0.2) is 42.5 Å². The van der Waals surface area contributed by atoms with Crippen LogP contribution in [0.25, 0.3) is 11.3 Å². The lowest BCUT2D eigenvalue weighted by Gasteiger charge is -2.32. The van der Waals surface area contributed by atoms with E-state index in [1.54, 1.807) is 11.6 Å². The maximum atomic E-state index is 14.0. The van der Waals surface area contributed by atoms with E-state index in [0.717, 1.165) is 24.5 Å². The number of carbonyl (C=O) groups excluding carboxylic acids is 2. The van der Waals surface area contributed by atoms with Gasteiger partial charge in [-0.15, -0.1) is 0 Å². The predicted molar refractivity (Wildman–Crippen MR) is 165 cm³/mol. The van der Waals surface area contributed by atoms with Crippen molar-refractivity contribution in [2.75, 3.05) is 32.4 Å². The van der Waals surface area contributed by atoms with Crippen LogP contribution in [-0.2, 0) is 47.0 Å². The molecule has 0 saturated carbocycles. The number of hydrogen-bond donors (Lipinski definition) is 2. The summed E-state index contributed by atoms with van der Waals surface area (Å²) in [5.74, 6) is -1.07. The minimum absolute atomic E-state index is 0.0201. The van der Waals surface area contributed by atoms with Crippen LogP contribution in [0.4, 0.5) is 17.6 Å². The second-order valence-corrected chi connectivity index (χ2v) is 14.2. The number of β-amino-alcohol motifs (C(OH)–C–C–N with tert-alkyl or cyclic N) is 1. The lowest BCUT2D eigenvalue weighted by atomic mass is 9.93. The van der Waals surface area contributed by atoms with Crippen molar-refractivity contribution < 1.29 is 40.7 Å². The average Bonchev–Trinajstić information content (AvgIpc) is 3.36. The van der Waals surface area contributed by atoms with Gasteiger partial charge in [-0.2, -0.15) is 22.6 Å². The molecule has 2 aliphatic rings. The molecule has 1 fully saturated rings. The van der Waals surface area contributed by atoms with E-state index in [-0.39, 0.29) is 60.1 Å². The second-order valence-electron chi connectivity index (χ2n) is 12.2. The number of aliphatic hydroxyl groups is 1. The van der Waals surface area contributed by atoms with E-state index in [0.29, 0.717) is 43.7 Å². The fraction of sp³-hybridized carbons (Fsp3) is 0.469. The van der Waals surface area contributed by atoms with Crippen LogP contribution in [0.5, 0.6) is 0 Å². The molecule has 2 aliphatic heterocycles. The topological polar surface area (TPSA) is 125 Å². The van der Waals surface area contributed by atoms with Gasteiger partial charge < -0.3 is 15.3 Å². The SMILES string of the molecule is CC(=O)C1CCN(CC(O)Cn2nc(-c3ccc(C(F)(F)F)c(CNC(=O)c4ccc(F)cc4)c3)c3c2CCN(S(C)(=O)=O)C3)CC1. The summed E-state index contributed by atoms with van der Waals surface area (Å²) in [6.45, 7) is 2.98. The van der Waals surface area contributed by atoms with E-state index in [9.17, 15) is 40.7 Å². The van der Waals surface area contributed by atoms with Gasteiger partial charge in [-0.1, -0.05) is 6.07 Å². The molecule has 5 rings (SSSR count). The van der Waals surface area contributed by atoms with Gasteiger partial charge in [0.05, 0.1) is 30.2 Å². The standard InChI is InChI=1S/C32H37F4N5O5S/c1-20(42)21-9-12-39(13-10-21)17-26(43)18-41-29-11-14-40(47(2,45)46)19-27(29)30(38-41)23-5-8-28(32(34,35)36)24(15-23)16-37-31(44)22-3-6-25(33)7-4-22/h3-8,15,21,26,43H,9-14,16-19H2,1-2H3,(H,37,44). The molecule has 2 N–H and O–H groups in total. The molecule has 0 bridgehead atoms. The Kier molecular flexibility index (Phi) is 10.2. The average molecular weight is 680 g/mol. The highest BCUT2D eigenvalue weighted by atomic mass is 32.2. The molecule has 0 spiro atoms. The number of Topliss-reactive ketones (excluding diaryl/α,β-unsaturated/α-hetero) is 1. The van der Waals surface area contributed by atoms with Crippen molar-refractivity contribution in [2.24, 2.45) is 5.92 Å². The Bertz CT molecular complexity index is 1740. The Hall–Kier alpha value is -3.66. The number of alkyl halides is 3. The van der Waals surface area contributed by atoms with E-state index in [2.05, 4.69) is 10.2 Å². The minimum atomic E-state index is -4.73. The van der Waals surface area contributed by atoms with E-state index < -0.39 is 46.1 Å². The van der Waals surface area contributed by atoms with Gasteiger partial charge >= 0.3 is 6.18 Å². The first-order valence-corrected chi connectivity index (χ1v) is 17.1. The summed E-state index contributed by atoms with van der Waals surface area (Å²) in [4.78, 5) is 26.4. The molecule has 1 unspecified atom stereocenters. The zero-order chi connectivity index (χ0) is 34.1. The van der Waals surface area contributed by atoms with Crippen molar-refractivity contribution in [3.05, 3.63) is 76.2 Å². The number of nitrogens with zero attached hydrogens (tertiary/aromatic N) is 4. The van der Waals surface area contributed by atoms with E-state index in [1.807, 2.05) is 0 Å². The summed E-state index contributed by atoms with van der Waals surface area (Å²) < 4.78 is 83.2. The molecule has 0 aliphatic carbocycles. The van der Waals surface area contributed by atoms with Crippen LogP contribution >= 0.6 is 0 Å². The van der Waals surface area contributed by atoms with Crippen molar-refractivity contribution >= 4 is 21.7 Å². The molecule has 15 heteroatoms. The summed E-state index contributed by atoms with van der Waals surface area (Å²) in [5.41, 5.74) is 0.649. The number of carbonyl (C=O) groups is 2. The molecule has 1 amide bonds. The Morgan fingerprint density at radius 1 is 1.06 bits per heavy atom. The number of nitrogens with one attached hydrogen (secondary N) is 1. The van der Waals surface area contributed by atoms with Gasteiger partial charge in [-0.3, -0.25) is 14.3 Å². The monoisotopic (exact) mass is 679 g/mol. The number of amides is 1. The van der Waals surface area contributed by atoms with E-state index >= 15 is 0 Å². The van der Waals surface area contributed by atoms with Crippen molar-refractivity contribution in [2.45, 2.75) is 58.1 Å². The van der Waals surface area contributed by atoms with Crippen LogP contribution in [0.3, 0.4) is 0 Å². The van der Waals surface area contributed by atoms with Gasteiger partial charge in [0, 0.05) is 60.9 Å². The Labute approximate surface area is 270 Å². The second kappa shape index (κ2) is 13.8. The fourth-order valence-electron chi connectivity index (χ4n) is 6.25. The third kappa shape index (κ3) is 8.26. The lowest BCUT2D eigenvalue weighted by Crippen LogP contribution is -2.41. The first-order chi connectivity index (χ1) is 22.1. The van der Waals surface area contributed by atoms with Crippen LogP contribution in [0.1, 0.15) is 52.5 Å². The molecule has 0 radical (unpaired) electrons. The van der Waals surface area contributed by atoms with Crippen LogP contribution in [0, 0.1) is 11.7 Å². The first-order valence-electron chi connectivity index (χ1n) is 15.3. The van der Waals surface area contributed by atoms with Crippen LogP contribution in [0.2, 0.25) is 0 Å². The van der Waals surface area contributed by atoms with Crippen molar-refractivity contribution in [3.8, 4) is 11.3 Å². The molecule has 1 saturated heterocycles. The van der Waals surface area contributed by atoms with Crippen molar-refractivity contribution in [1.82, 2.24) is 24.3 Å². The summed E-state index contributed by atoms with van der Waals surface area (Å²) >= 11 is 0. The predicted octanol–water partition coefficient (Wildman–Crippen LogP) is 3.62. The molecule has 47 heavy (non-hydrogen) atoms. The number of likely N-dealkylation sites (tertiary alicyclic amines) is 1. The molecule has 3 aromatic rings. The number of rotatable bonds is 10. The first kappa shape index (κ1) is 34.7. The van der Waals surface area contributed by atoms with Crippen molar-refractivity contribution in [1.29, 1.82) is 0 Å². The quantitative estimate of drug-likeness (QED) is 0.314. The maximum absolute atomic E-state index is 14.0. The highest BCUT2D eigenvalue weighted by molar-refractivity contribution is 7.88. The molecule has 3 heterocycles. The van der Waals surface area contributed by atoms with Crippen LogP contribution < -0.4 is 5.32 Å². The third-order valence-electron chi connectivity index (χ3n) is 8.81. The number of aliphatic hydroxyl groups excluding tert-OH is 1. The van der Waals surface area contributed by atoms with Crippen LogP contribution in [-0.4, -0.2) is 82.7 Å². The number of halogens is 4. The Balaban J connectivity index is 1.44. The molecule has 1 atom stereocenters. The highest BCUT2D eigenvalue weighted by Crippen LogP contribution is 2.37. The number of piperidine rings is 1. The zero-order valence-corrected chi connectivity index (χ0v) is 26.9. The number of aromatic nitrogens is 2. The van der Waals surface area contributed by atoms with Gasteiger partial charge in [-0.05, 0) is 74.8 Å². The van der Waals surface area contributed by atoms with Crippen molar-refractivity contribution in [3.63, 3.8) is 0 Å². The van der Waals surface area contributed by atoms with Gasteiger partial charge in [0.15, 0.2) is 0 Å². The summed E-state index contributed by atoms with van der Waals surface area (Å²) in [5, 5.41) is 18.2. The number of benzene rings is 2. The molecular weight excluding hydrogens is 642 g/mol. The molecular formula is C32H37F4N5O5S. The third-order valence-corrected chi connectivity index (χ3v) is 10.1. The molecule has 1 aromatic heterocycles. The van der Waals surface area contributed by atoms with E-state index in [1.165, 1.54) is 28.6 Å². The lowest BCUT2D eigenvalue weighted by molar-refractivity contribution is -0.138. The smallest absolute Gasteiger partial charge is 0.390 e. The molecule has 10 nitrogen and oxygen atoms in total. The number of fused-ring (bicyclic) bond motifs is 1. The Morgan fingerprint density at radius 2 is 1.74 bits per heavy atom.